The molecule has 1 aromatic carbocycles. The number of amides is 1. The van der Waals surface area contributed by atoms with Crippen LogP contribution in [0.2, 0.25) is 0 Å². The van der Waals surface area contributed by atoms with Crippen molar-refractivity contribution in [3.05, 3.63) is 28.7 Å². The molecule has 0 spiro atoms. The van der Waals surface area contributed by atoms with Gasteiger partial charge in [0.1, 0.15) is 0 Å². The molecule has 0 fully saturated rings. The molecule has 1 aromatic heterocycles. The summed E-state index contributed by atoms with van der Waals surface area (Å²) in [5.41, 5.74) is 6.40. The number of fused-ring (bicyclic) bond motifs is 1. The fourth-order valence-electron chi connectivity index (χ4n) is 1.50. The van der Waals surface area contributed by atoms with E-state index in [1.807, 2.05) is 0 Å². The van der Waals surface area contributed by atoms with Crippen LogP contribution < -0.4 is 16.8 Å². The van der Waals surface area contributed by atoms with Crippen LogP contribution in [0.5, 0.6) is 0 Å². The van der Waals surface area contributed by atoms with Crippen molar-refractivity contribution in [2.75, 3.05) is 5.32 Å². The highest BCUT2D eigenvalue weighted by atomic mass is 35.5. The summed E-state index contributed by atoms with van der Waals surface area (Å²) in [5.74, 6) is -0.733. The second-order valence-electron chi connectivity index (χ2n) is 4.79. The second-order valence-corrected chi connectivity index (χ2v) is 4.79. The Bertz CT molecular complexity index is 667. The molecule has 104 valence electrons. The molecule has 0 bridgehead atoms. The average molecular weight is 286 g/mol. The maximum absolute atomic E-state index is 11.7. The SMILES string of the molecule is Cl.Cn1c(=O)oc2ccc(NC(=O)C(C)(C)N)cc21. The maximum atomic E-state index is 11.7. The van der Waals surface area contributed by atoms with Gasteiger partial charge in [0.2, 0.25) is 5.91 Å². The van der Waals surface area contributed by atoms with Gasteiger partial charge in [0, 0.05) is 12.7 Å². The Morgan fingerprint density at radius 1 is 1.42 bits per heavy atom. The minimum absolute atomic E-state index is 0. The fourth-order valence-corrected chi connectivity index (χ4v) is 1.50. The van der Waals surface area contributed by atoms with Crippen LogP contribution in [0.1, 0.15) is 13.8 Å². The number of carbonyl (C=O) groups excluding carboxylic acids is 1. The van der Waals surface area contributed by atoms with Gasteiger partial charge in [-0.1, -0.05) is 0 Å². The lowest BCUT2D eigenvalue weighted by atomic mass is 10.1. The number of nitrogens with zero attached hydrogens (tertiary/aromatic N) is 1. The number of aryl methyl sites for hydroxylation is 1. The summed E-state index contributed by atoms with van der Waals surface area (Å²) in [4.78, 5) is 23.1. The summed E-state index contributed by atoms with van der Waals surface area (Å²) >= 11 is 0. The number of carbonyl (C=O) groups is 1. The molecule has 0 radical (unpaired) electrons. The van der Waals surface area contributed by atoms with Crippen molar-refractivity contribution in [2.24, 2.45) is 12.8 Å². The zero-order valence-electron chi connectivity index (χ0n) is 10.9. The molecular weight excluding hydrogens is 270 g/mol. The highest BCUT2D eigenvalue weighted by molar-refractivity contribution is 5.98. The quantitative estimate of drug-likeness (QED) is 0.868. The average Bonchev–Trinajstić information content (AvgIpc) is 2.54. The number of anilines is 1. The van der Waals surface area contributed by atoms with Gasteiger partial charge < -0.3 is 15.5 Å². The third kappa shape index (κ3) is 2.97. The number of nitrogens with two attached hydrogens (primary N) is 1. The normalized spacial score (nSPS) is 11.2. The van der Waals surface area contributed by atoms with E-state index in [1.165, 1.54) is 4.57 Å². The molecule has 0 aliphatic carbocycles. The van der Waals surface area contributed by atoms with Gasteiger partial charge in [0.15, 0.2) is 5.58 Å². The third-order valence-corrected chi connectivity index (χ3v) is 2.63. The summed E-state index contributed by atoms with van der Waals surface area (Å²) in [6.45, 7) is 3.24. The third-order valence-electron chi connectivity index (χ3n) is 2.63. The monoisotopic (exact) mass is 285 g/mol. The van der Waals surface area contributed by atoms with Crippen LogP contribution >= 0.6 is 12.4 Å². The van der Waals surface area contributed by atoms with Crippen LogP contribution in [0.3, 0.4) is 0 Å². The van der Waals surface area contributed by atoms with E-state index in [9.17, 15) is 9.59 Å². The van der Waals surface area contributed by atoms with E-state index < -0.39 is 11.3 Å². The molecule has 19 heavy (non-hydrogen) atoms. The molecule has 0 aliphatic heterocycles. The Balaban J connectivity index is 0.00000180. The number of halogens is 1. The zero-order valence-corrected chi connectivity index (χ0v) is 11.7. The van der Waals surface area contributed by atoms with E-state index in [4.69, 9.17) is 10.2 Å². The summed E-state index contributed by atoms with van der Waals surface area (Å²) in [5, 5.41) is 2.69. The van der Waals surface area contributed by atoms with Crippen LogP contribution in [-0.2, 0) is 11.8 Å². The van der Waals surface area contributed by atoms with Gasteiger partial charge in [0.25, 0.3) is 0 Å². The molecule has 2 aromatic rings. The van der Waals surface area contributed by atoms with E-state index >= 15 is 0 Å². The van der Waals surface area contributed by atoms with Gasteiger partial charge in [0.05, 0.1) is 11.1 Å². The Morgan fingerprint density at radius 2 is 2.05 bits per heavy atom. The van der Waals surface area contributed by atoms with E-state index in [1.54, 1.807) is 39.1 Å². The predicted molar refractivity (Wildman–Crippen MR) is 75.6 cm³/mol. The van der Waals surface area contributed by atoms with Crippen LogP contribution in [0.15, 0.2) is 27.4 Å². The van der Waals surface area contributed by atoms with Gasteiger partial charge in [-0.2, -0.15) is 0 Å². The van der Waals surface area contributed by atoms with Crippen LogP contribution in [-0.4, -0.2) is 16.0 Å². The fraction of sp³-hybridized carbons (Fsp3) is 0.333. The summed E-state index contributed by atoms with van der Waals surface area (Å²) in [7, 11) is 1.60. The number of benzene rings is 1. The second kappa shape index (κ2) is 5.07. The van der Waals surface area contributed by atoms with Gasteiger partial charge >= 0.3 is 5.76 Å². The van der Waals surface area contributed by atoms with Crippen molar-refractivity contribution in [3.63, 3.8) is 0 Å². The van der Waals surface area contributed by atoms with Crippen molar-refractivity contribution in [3.8, 4) is 0 Å². The van der Waals surface area contributed by atoms with E-state index in [0.29, 0.717) is 16.8 Å². The molecule has 0 aliphatic rings. The van der Waals surface area contributed by atoms with E-state index in [0.717, 1.165) is 0 Å². The lowest BCUT2D eigenvalue weighted by molar-refractivity contribution is -0.120. The summed E-state index contributed by atoms with van der Waals surface area (Å²) in [6.07, 6.45) is 0. The first-order valence-electron chi connectivity index (χ1n) is 5.49. The predicted octanol–water partition coefficient (Wildman–Crippen LogP) is 1.23. The number of hydrogen-bond donors (Lipinski definition) is 2. The van der Waals surface area contributed by atoms with Crippen molar-refractivity contribution >= 4 is 35.1 Å². The van der Waals surface area contributed by atoms with Crippen molar-refractivity contribution in [2.45, 2.75) is 19.4 Å². The molecule has 3 N–H and O–H groups in total. The highest BCUT2D eigenvalue weighted by Crippen LogP contribution is 2.18. The minimum atomic E-state index is -0.961. The first-order chi connectivity index (χ1) is 8.29. The van der Waals surface area contributed by atoms with Crippen LogP contribution in [0.25, 0.3) is 11.1 Å². The molecule has 0 atom stereocenters. The van der Waals surface area contributed by atoms with Crippen molar-refractivity contribution in [1.29, 1.82) is 0 Å². The van der Waals surface area contributed by atoms with E-state index in [-0.39, 0.29) is 18.3 Å². The van der Waals surface area contributed by atoms with Gasteiger partial charge in [-0.15, -0.1) is 12.4 Å². The Hall–Kier alpha value is -1.79. The number of rotatable bonds is 2. The minimum Gasteiger partial charge on any atom is -0.408 e. The molecule has 1 amide bonds. The largest absolute Gasteiger partial charge is 0.419 e. The molecule has 0 saturated carbocycles. The first-order valence-corrected chi connectivity index (χ1v) is 5.49. The van der Waals surface area contributed by atoms with Crippen molar-refractivity contribution < 1.29 is 9.21 Å². The summed E-state index contributed by atoms with van der Waals surface area (Å²) < 4.78 is 6.37. The molecule has 0 unspecified atom stereocenters. The van der Waals surface area contributed by atoms with E-state index in [2.05, 4.69) is 5.32 Å². The van der Waals surface area contributed by atoms with Crippen LogP contribution in [0, 0.1) is 0 Å². The molecule has 2 rings (SSSR count). The Labute approximate surface area is 116 Å². The molecule has 0 saturated heterocycles. The maximum Gasteiger partial charge on any atom is 0.419 e. The van der Waals surface area contributed by atoms with Crippen molar-refractivity contribution in [1.82, 2.24) is 4.57 Å². The zero-order chi connectivity index (χ0) is 13.5. The van der Waals surface area contributed by atoms with Gasteiger partial charge in [-0.25, -0.2) is 4.79 Å². The number of hydrogen-bond acceptors (Lipinski definition) is 4. The molecule has 6 nitrogen and oxygen atoms in total. The summed E-state index contributed by atoms with van der Waals surface area (Å²) in [6, 6.07) is 4.97. The molecule has 7 heteroatoms. The number of oxazole rings is 1. The van der Waals surface area contributed by atoms with Gasteiger partial charge in [-0.05, 0) is 32.0 Å². The first kappa shape index (κ1) is 15.3. The van der Waals surface area contributed by atoms with Crippen LogP contribution in [0.4, 0.5) is 5.69 Å². The highest BCUT2D eigenvalue weighted by Gasteiger charge is 2.22. The number of nitrogens with one attached hydrogen (secondary N) is 1. The number of aromatic nitrogens is 1. The Kier molecular flexibility index (Phi) is 4.07. The standard InChI is InChI=1S/C12H15N3O3.ClH/c1-12(2,13)10(16)14-7-4-5-9-8(6-7)15(3)11(17)18-9;/h4-6H,13H2,1-3H3,(H,14,16);1H. The lowest BCUT2D eigenvalue weighted by Crippen LogP contribution is -2.45. The Morgan fingerprint density at radius 3 is 2.63 bits per heavy atom. The smallest absolute Gasteiger partial charge is 0.408 e. The lowest BCUT2D eigenvalue weighted by Gasteiger charge is -2.17. The molecular formula is C12H16ClN3O3. The topological polar surface area (TPSA) is 90.3 Å². The molecule has 1 heterocycles. The van der Waals surface area contributed by atoms with Gasteiger partial charge in [-0.3, -0.25) is 9.36 Å².